The average Bonchev–Trinajstić information content (AvgIpc) is 0.811. The summed E-state index contributed by atoms with van der Waals surface area (Å²) in [4.78, 5) is 0. The van der Waals surface area contributed by atoms with Crippen LogP contribution in [0, 0.1) is 0 Å². The van der Waals surface area contributed by atoms with Crippen LogP contribution >= 0.6 is 26.6 Å². The Morgan fingerprint density at radius 3 is 1.50 bits per heavy atom. The van der Waals surface area contributed by atoms with Gasteiger partial charge in [0.2, 0.25) is 0 Å². The quantitative estimate of drug-likeness (QED) is 0.611. The van der Waals surface area contributed by atoms with Crippen LogP contribution < -0.4 is 0 Å². The zero-order valence-corrected chi connectivity index (χ0v) is 6.75. The molecule has 0 heterocycles. The molecule has 0 saturated carbocycles. The molecule has 0 rings (SSSR count). The molecule has 1 nitrogen and oxygen atoms in total. The molecule has 0 spiro atoms. The second kappa shape index (κ2) is 2.67. The number of halogens is 2. The van der Waals surface area contributed by atoms with E-state index in [-0.39, 0.29) is 0 Å². The molecule has 0 atom stereocenters. The van der Waals surface area contributed by atoms with Crippen molar-refractivity contribution in [2.24, 2.45) is 0 Å². The van der Waals surface area contributed by atoms with Gasteiger partial charge in [-0.25, -0.2) is 0 Å². The van der Waals surface area contributed by atoms with Crippen molar-refractivity contribution >= 4 is 26.6 Å². The van der Waals surface area contributed by atoms with E-state index in [9.17, 15) is 3.40 Å². The van der Waals surface area contributed by atoms with E-state index in [0.29, 0.717) is 0 Å². The molecule has 4 heteroatoms. The normalized spacial score (nSPS) is 8.75. The van der Waals surface area contributed by atoms with Crippen molar-refractivity contribution in [3.05, 3.63) is 0 Å². The molecule has 0 N–H and O–H groups in total. The Kier molecular flexibility index (Phi) is 3.64. The number of hydrogen-bond donors (Lipinski definition) is 0. The molecule has 0 fully saturated rings. The minimum absolute atomic E-state index is 1.98. The SMILES string of the molecule is [O]=[Mo]([Br])[Br]. The average molecular weight is 272 g/mol. The fraction of sp³-hybridized carbons (Fsp3) is 0. The second-order valence-corrected chi connectivity index (χ2v) is 13.2. The van der Waals surface area contributed by atoms with Gasteiger partial charge in [-0.05, 0) is 0 Å². The van der Waals surface area contributed by atoms with Crippen LogP contribution in [0.3, 0.4) is 0 Å². The topological polar surface area (TPSA) is 17.1 Å². The van der Waals surface area contributed by atoms with Crippen LogP contribution in [0.4, 0.5) is 0 Å². The summed E-state index contributed by atoms with van der Waals surface area (Å²) in [6.07, 6.45) is 0. The number of rotatable bonds is 0. The third-order valence-corrected chi connectivity index (χ3v) is 0. The van der Waals surface area contributed by atoms with E-state index in [1.165, 1.54) is 0 Å². The Bertz CT molecular complexity index is 29.0. The molecule has 4 heavy (non-hydrogen) atoms. The van der Waals surface area contributed by atoms with Gasteiger partial charge in [0.05, 0.1) is 0 Å². The van der Waals surface area contributed by atoms with Crippen molar-refractivity contribution in [2.75, 3.05) is 0 Å². The van der Waals surface area contributed by atoms with Crippen LogP contribution in [0.2, 0.25) is 0 Å². The molecule has 0 aromatic carbocycles. The van der Waals surface area contributed by atoms with E-state index in [1.54, 1.807) is 0 Å². The first-order chi connectivity index (χ1) is 1.73. The Morgan fingerprint density at radius 2 is 1.50 bits per heavy atom. The van der Waals surface area contributed by atoms with Gasteiger partial charge in [-0.1, -0.05) is 0 Å². The minimum atomic E-state index is -1.98. The Hall–Kier alpha value is 1.45. The van der Waals surface area contributed by atoms with Gasteiger partial charge in [0, 0.05) is 0 Å². The predicted octanol–water partition coefficient (Wildman–Crippen LogP) is 1.57. The first-order valence-corrected chi connectivity index (χ1v) is 10.5. The Morgan fingerprint density at radius 1 is 1.50 bits per heavy atom. The monoisotopic (exact) mass is 272 g/mol. The zero-order valence-electron chi connectivity index (χ0n) is 1.57. The molecule has 0 saturated heterocycles. The van der Waals surface area contributed by atoms with Gasteiger partial charge < -0.3 is 0 Å². The molecule has 0 radical (unpaired) electrons. The van der Waals surface area contributed by atoms with Crippen LogP contribution in [0.1, 0.15) is 0 Å². The maximum absolute atomic E-state index is 9.53. The molecule has 0 aliphatic carbocycles. The molecule has 0 amide bonds. The third kappa shape index (κ3) is 9.85. The summed E-state index contributed by atoms with van der Waals surface area (Å²) in [5.41, 5.74) is 0. The molecule has 0 aliphatic heterocycles. The van der Waals surface area contributed by atoms with E-state index in [2.05, 4.69) is 26.6 Å². The van der Waals surface area contributed by atoms with E-state index in [0.717, 1.165) is 0 Å². The summed E-state index contributed by atoms with van der Waals surface area (Å²) >= 11 is 3.62. The van der Waals surface area contributed by atoms with Crippen molar-refractivity contribution in [1.29, 1.82) is 0 Å². The van der Waals surface area contributed by atoms with Gasteiger partial charge in [-0.15, -0.1) is 0 Å². The van der Waals surface area contributed by atoms with E-state index in [1.807, 2.05) is 0 Å². The summed E-state index contributed by atoms with van der Waals surface area (Å²) in [6.45, 7) is 0. The van der Waals surface area contributed by atoms with Crippen LogP contribution in [-0.2, 0) is 16.6 Å². The van der Waals surface area contributed by atoms with Crippen LogP contribution in [0.5, 0.6) is 0 Å². The van der Waals surface area contributed by atoms with Gasteiger partial charge in [0.15, 0.2) is 0 Å². The van der Waals surface area contributed by atoms with Crippen LogP contribution in [0.15, 0.2) is 0 Å². The van der Waals surface area contributed by atoms with Crippen molar-refractivity contribution in [1.82, 2.24) is 0 Å². The van der Waals surface area contributed by atoms with Gasteiger partial charge in [-0.3, -0.25) is 0 Å². The molecule has 26 valence electrons. The van der Waals surface area contributed by atoms with Crippen LogP contribution in [-0.4, -0.2) is 0 Å². The van der Waals surface area contributed by atoms with E-state index >= 15 is 0 Å². The summed E-state index contributed by atoms with van der Waals surface area (Å²) < 4.78 is 9.53. The molecule has 0 aliphatic rings. The van der Waals surface area contributed by atoms with Crippen molar-refractivity contribution < 1.29 is 16.6 Å². The summed E-state index contributed by atoms with van der Waals surface area (Å²) in [5, 5.41) is 0. The van der Waals surface area contributed by atoms with Gasteiger partial charge in [0.25, 0.3) is 0 Å². The van der Waals surface area contributed by atoms with Crippen LogP contribution in [0.25, 0.3) is 0 Å². The third-order valence-electron chi connectivity index (χ3n) is 0. The fourth-order valence-electron chi connectivity index (χ4n) is 0. The Labute approximate surface area is 42.9 Å². The first kappa shape index (κ1) is 5.45. The van der Waals surface area contributed by atoms with Gasteiger partial charge in [0.1, 0.15) is 0 Å². The summed E-state index contributed by atoms with van der Waals surface area (Å²) in [6, 6.07) is 0. The maximum atomic E-state index is 9.53. The van der Waals surface area contributed by atoms with Crippen molar-refractivity contribution in [3.63, 3.8) is 0 Å². The molecule has 0 aromatic heterocycles. The van der Waals surface area contributed by atoms with E-state index < -0.39 is 13.2 Å². The molecule has 0 unspecified atom stereocenters. The standard InChI is InChI=1S/2BrH.Mo.O/h2*1H;;/q;;+2;/p-2. The fourth-order valence-corrected chi connectivity index (χ4v) is 0. The first-order valence-electron chi connectivity index (χ1n) is 0.475. The predicted molar refractivity (Wildman–Crippen MR) is 18.5 cm³/mol. The van der Waals surface area contributed by atoms with Crippen molar-refractivity contribution in [2.45, 2.75) is 0 Å². The Balaban J connectivity index is 2.80. The van der Waals surface area contributed by atoms with Crippen molar-refractivity contribution in [3.8, 4) is 0 Å². The summed E-state index contributed by atoms with van der Waals surface area (Å²) in [7, 11) is 0. The molecule has 0 aromatic rings. The molecular weight excluding hydrogens is 272 g/mol. The van der Waals surface area contributed by atoms with Gasteiger partial charge in [-0.2, -0.15) is 0 Å². The summed E-state index contributed by atoms with van der Waals surface area (Å²) in [5.74, 6) is 0. The zero-order chi connectivity index (χ0) is 3.58. The second-order valence-electron chi connectivity index (χ2n) is 0.184. The molecule has 0 bridgehead atoms. The molecular formula is Br2MoO. The van der Waals surface area contributed by atoms with E-state index in [4.69, 9.17) is 0 Å². The van der Waals surface area contributed by atoms with Gasteiger partial charge >= 0.3 is 43.2 Å². The number of hydrogen-bond acceptors (Lipinski definition) is 1.